The van der Waals surface area contributed by atoms with Gasteiger partial charge in [-0.05, 0) is 23.6 Å². The molecule has 0 atom stereocenters. The second-order valence-electron chi connectivity index (χ2n) is 3.86. The third-order valence-electron chi connectivity index (χ3n) is 1.88. The molecule has 1 aromatic rings. The summed E-state index contributed by atoms with van der Waals surface area (Å²) in [6.07, 6.45) is 3.59. The molecule has 0 unspecified atom stereocenters. The summed E-state index contributed by atoms with van der Waals surface area (Å²) in [5.41, 5.74) is 1.07. The Balaban J connectivity index is 2.52. The Morgan fingerprint density at radius 3 is 2.47 bits per heavy atom. The van der Waals surface area contributed by atoms with Crippen molar-refractivity contribution in [3.8, 4) is 5.75 Å². The number of aliphatic hydroxyl groups excluding tert-OH is 1. The van der Waals surface area contributed by atoms with Crippen LogP contribution in [0.4, 0.5) is 0 Å². The van der Waals surface area contributed by atoms with Gasteiger partial charge in [-0.1, -0.05) is 38.1 Å². The normalized spacial score (nSPS) is 11.2. The maximum absolute atomic E-state index is 8.62. The van der Waals surface area contributed by atoms with Gasteiger partial charge in [-0.2, -0.15) is 0 Å². The van der Waals surface area contributed by atoms with E-state index in [2.05, 4.69) is 13.8 Å². The molecule has 1 N–H and O–H groups in total. The van der Waals surface area contributed by atoms with Gasteiger partial charge in [-0.15, -0.1) is 0 Å². The van der Waals surface area contributed by atoms with Gasteiger partial charge in [0.05, 0.1) is 13.2 Å². The molecule has 0 aromatic heterocycles. The number of rotatable bonds is 5. The van der Waals surface area contributed by atoms with E-state index in [0.29, 0.717) is 5.92 Å². The lowest BCUT2D eigenvalue weighted by molar-refractivity contribution is 0.271. The topological polar surface area (TPSA) is 29.5 Å². The van der Waals surface area contributed by atoms with Crippen molar-refractivity contribution in [2.45, 2.75) is 13.8 Å². The fourth-order valence-electron chi connectivity index (χ4n) is 1.13. The minimum Gasteiger partial charge on any atom is -0.493 e. The van der Waals surface area contributed by atoms with E-state index in [0.717, 1.165) is 17.9 Å². The Morgan fingerprint density at radius 2 is 1.93 bits per heavy atom. The van der Waals surface area contributed by atoms with Gasteiger partial charge in [0.2, 0.25) is 0 Å². The minimum atomic E-state index is 0.0750. The summed E-state index contributed by atoms with van der Waals surface area (Å²) in [5.74, 6) is 1.43. The van der Waals surface area contributed by atoms with Crippen molar-refractivity contribution in [3.63, 3.8) is 0 Å². The molecule has 0 bridgehead atoms. The van der Waals surface area contributed by atoms with Gasteiger partial charge >= 0.3 is 0 Å². The summed E-state index contributed by atoms with van der Waals surface area (Å²) in [7, 11) is 0. The Kier molecular flexibility index (Phi) is 4.91. The molecule has 1 rings (SSSR count). The lowest BCUT2D eigenvalue weighted by Crippen LogP contribution is -2.04. The predicted molar refractivity (Wildman–Crippen MR) is 62.9 cm³/mol. The molecule has 1 aromatic carbocycles. The fraction of sp³-hybridized carbons (Fsp3) is 0.385. The first-order valence-corrected chi connectivity index (χ1v) is 5.22. The van der Waals surface area contributed by atoms with Crippen LogP contribution in [0.5, 0.6) is 5.75 Å². The average molecular weight is 206 g/mol. The van der Waals surface area contributed by atoms with Gasteiger partial charge < -0.3 is 9.84 Å². The average Bonchev–Trinajstić information content (AvgIpc) is 2.25. The Labute approximate surface area is 91.2 Å². The van der Waals surface area contributed by atoms with Gasteiger partial charge in [-0.25, -0.2) is 0 Å². The van der Waals surface area contributed by atoms with E-state index in [1.165, 1.54) is 0 Å². The van der Waals surface area contributed by atoms with Crippen molar-refractivity contribution in [3.05, 3.63) is 35.9 Å². The van der Waals surface area contributed by atoms with Crippen molar-refractivity contribution in [2.75, 3.05) is 13.2 Å². The summed E-state index contributed by atoms with van der Waals surface area (Å²) in [6, 6.07) is 7.84. The molecule has 0 saturated heterocycles. The van der Waals surface area contributed by atoms with Crippen LogP contribution in [0, 0.1) is 5.92 Å². The third kappa shape index (κ3) is 4.66. The predicted octanol–water partition coefficient (Wildman–Crippen LogP) is 2.73. The van der Waals surface area contributed by atoms with Crippen LogP contribution in [-0.2, 0) is 0 Å². The maximum atomic E-state index is 8.62. The van der Waals surface area contributed by atoms with Crippen LogP contribution in [0.3, 0.4) is 0 Å². The number of aliphatic hydroxyl groups is 1. The SMILES string of the molecule is CC(C)COc1ccc(C=CCO)cc1. The van der Waals surface area contributed by atoms with E-state index in [4.69, 9.17) is 9.84 Å². The highest BCUT2D eigenvalue weighted by Crippen LogP contribution is 2.13. The van der Waals surface area contributed by atoms with Crippen LogP contribution < -0.4 is 4.74 Å². The molecular weight excluding hydrogens is 188 g/mol. The first-order valence-electron chi connectivity index (χ1n) is 5.22. The monoisotopic (exact) mass is 206 g/mol. The van der Waals surface area contributed by atoms with E-state index >= 15 is 0 Å². The van der Waals surface area contributed by atoms with Crippen LogP contribution in [0.15, 0.2) is 30.3 Å². The van der Waals surface area contributed by atoms with Crippen LogP contribution in [0.25, 0.3) is 6.08 Å². The zero-order valence-corrected chi connectivity index (χ0v) is 9.31. The molecule has 82 valence electrons. The second kappa shape index (κ2) is 6.25. The van der Waals surface area contributed by atoms with E-state index in [9.17, 15) is 0 Å². The van der Waals surface area contributed by atoms with Crippen molar-refractivity contribution in [2.24, 2.45) is 5.92 Å². The van der Waals surface area contributed by atoms with Gasteiger partial charge in [0.25, 0.3) is 0 Å². The highest BCUT2D eigenvalue weighted by Gasteiger charge is 1.96. The van der Waals surface area contributed by atoms with Crippen LogP contribution in [0.1, 0.15) is 19.4 Å². The summed E-state index contributed by atoms with van der Waals surface area (Å²) < 4.78 is 5.55. The summed E-state index contributed by atoms with van der Waals surface area (Å²) in [5, 5.41) is 8.62. The molecule has 2 nitrogen and oxygen atoms in total. The van der Waals surface area contributed by atoms with Crippen LogP contribution in [0.2, 0.25) is 0 Å². The van der Waals surface area contributed by atoms with Crippen molar-refractivity contribution < 1.29 is 9.84 Å². The van der Waals surface area contributed by atoms with Crippen LogP contribution >= 0.6 is 0 Å². The summed E-state index contributed by atoms with van der Waals surface area (Å²) in [6.45, 7) is 5.06. The molecule has 0 fully saturated rings. The van der Waals surface area contributed by atoms with Crippen molar-refractivity contribution in [1.29, 1.82) is 0 Å². The molecule has 0 spiro atoms. The van der Waals surface area contributed by atoms with Crippen molar-refractivity contribution >= 4 is 6.08 Å². The quantitative estimate of drug-likeness (QED) is 0.802. The molecule has 0 heterocycles. The third-order valence-corrected chi connectivity index (χ3v) is 1.88. The van der Waals surface area contributed by atoms with Gasteiger partial charge in [-0.3, -0.25) is 0 Å². The van der Waals surface area contributed by atoms with E-state index < -0.39 is 0 Å². The minimum absolute atomic E-state index is 0.0750. The molecule has 2 heteroatoms. The number of hydrogen-bond acceptors (Lipinski definition) is 2. The number of hydrogen-bond donors (Lipinski definition) is 1. The van der Waals surface area contributed by atoms with E-state index in [1.54, 1.807) is 6.08 Å². The Bertz CT molecular complexity index is 299. The Morgan fingerprint density at radius 1 is 1.27 bits per heavy atom. The lowest BCUT2D eigenvalue weighted by Gasteiger charge is -2.08. The highest BCUT2D eigenvalue weighted by molar-refractivity contribution is 5.50. The largest absolute Gasteiger partial charge is 0.493 e. The number of ether oxygens (including phenoxy) is 1. The summed E-state index contributed by atoms with van der Waals surface area (Å²) in [4.78, 5) is 0. The standard InChI is InChI=1S/C13H18O2/c1-11(2)10-15-13-7-5-12(6-8-13)4-3-9-14/h3-8,11,14H,9-10H2,1-2H3. The van der Waals surface area contributed by atoms with E-state index in [1.807, 2.05) is 30.3 Å². The molecule has 15 heavy (non-hydrogen) atoms. The maximum Gasteiger partial charge on any atom is 0.119 e. The van der Waals surface area contributed by atoms with Crippen molar-refractivity contribution in [1.82, 2.24) is 0 Å². The fourth-order valence-corrected chi connectivity index (χ4v) is 1.13. The first-order chi connectivity index (χ1) is 7.22. The zero-order valence-electron chi connectivity index (χ0n) is 9.31. The molecular formula is C13H18O2. The molecule has 0 saturated carbocycles. The van der Waals surface area contributed by atoms with E-state index in [-0.39, 0.29) is 6.61 Å². The summed E-state index contributed by atoms with van der Waals surface area (Å²) >= 11 is 0. The molecule has 0 aliphatic carbocycles. The highest BCUT2D eigenvalue weighted by atomic mass is 16.5. The molecule has 0 radical (unpaired) electrons. The van der Waals surface area contributed by atoms with Gasteiger partial charge in [0.1, 0.15) is 5.75 Å². The molecule has 0 aliphatic rings. The molecule has 0 aliphatic heterocycles. The second-order valence-corrected chi connectivity index (χ2v) is 3.86. The Hall–Kier alpha value is -1.28. The number of benzene rings is 1. The zero-order chi connectivity index (χ0) is 11.1. The first kappa shape index (κ1) is 11.8. The van der Waals surface area contributed by atoms with Gasteiger partial charge in [0.15, 0.2) is 0 Å². The molecule has 0 amide bonds. The van der Waals surface area contributed by atoms with Gasteiger partial charge in [0, 0.05) is 0 Å². The van der Waals surface area contributed by atoms with Crippen LogP contribution in [-0.4, -0.2) is 18.3 Å². The lowest BCUT2D eigenvalue weighted by atomic mass is 10.2. The smallest absolute Gasteiger partial charge is 0.119 e.